The second kappa shape index (κ2) is 14.5. The fourth-order valence-electron chi connectivity index (χ4n) is 3.77. The van der Waals surface area contributed by atoms with E-state index in [1.807, 2.05) is 13.0 Å². The molecule has 2 aromatic rings. The van der Waals surface area contributed by atoms with Gasteiger partial charge in [-0.15, -0.1) is 0 Å². The summed E-state index contributed by atoms with van der Waals surface area (Å²) in [7, 11) is -0.587. The Morgan fingerprint density at radius 3 is 2.18 bits per heavy atom. The fourth-order valence-corrected chi connectivity index (χ4v) is 5.50. The minimum absolute atomic E-state index is 0.0729. The van der Waals surface area contributed by atoms with Crippen LogP contribution in [0.5, 0.6) is 17.2 Å². The number of hydrogen-bond donors (Lipinski definition) is 3. The molecular formula is C25H33FN2O9S. The lowest BCUT2D eigenvalue weighted by molar-refractivity contribution is -0.159. The Morgan fingerprint density at radius 1 is 1.00 bits per heavy atom. The van der Waals surface area contributed by atoms with E-state index in [1.54, 1.807) is 12.1 Å². The predicted octanol–water partition coefficient (Wildman–Crippen LogP) is 2.38. The molecule has 38 heavy (non-hydrogen) atoms. The van der Waals surface area contributed by atoms with E-state index in [4.69, 9.17) is 34.0 Å². The second-order valence-corrected chi connectivity index (χ2v) is 10.3. The fraction of sp³-hybridized carbons (Fsp3) is 0.440. The van der Waals surface area contributed by atoms with Crippen LogP contribution in [0.3, 0.4) is 0 Å². The van der Waals surface area contributed by atoms with Gasteiger partial charge >= 0.3 is 11.9 Å². The Bertz CT molecular complexity index is 1190. The molecule has 0 bridgehead atoms. The molecule has 0 radical (unpaired) electrons. The molecule has 0 aliphatic carbocycles. The first kappa shape index (κ1) is 30.8. The van der Waals surface area contributed by atoms with E-state index in [2.05, 4.69) is 5.32 Å². The summed E-state index contributed by atoms with van der Waals surface area (Å²) in [6.07, 6.45) is 2.40. The number of nitrogens with zero attached hydrogens (tertiary/aromatic N) is 1. The van der Waals surface area contributed by atoms with Gasteiger partial charge in [-0.2, -0.15) is 4.31 Å². The molecule has 1 fully saturated rings. The number of carboxylic acid groups (broad SMARTS) is 2. The van der Waals surface area contributed by atoms with Crippen molar-refractivity contribution in [1.82, 2.24) is 9.62 Å². The number of sulfonamides is 1. The summed E-state index contributed by atoms with van der Waals surface area (Å²) in [4.78, 5) is 18.4. The van der Waals surface area contributed by atoms with Crippen LogP contribution in [-0.2, 0) is 26.0 Å². The van der Waals surface area contributed by atoms with Gasteiger partial charge in [0.05, 0.1) is 14.2 Å². The number of carboxylic acids is 2. The van der Waals surface area contributed by atoms with E-state index >= 15 is 0 Å². The molecule has 1 atom stereocenters. The summed E-state index contributed by atoms with van der Waals surface area (Å²) >= 11 is 0. The monoisotopic (exact) mass is 556 g/mol. The third-order valence-corrected chi connectivity index (χ3v) is 7.53. The zero-order valence-electron chi connectivity index (χ0n) is 21.5. The average molecular weight is 557 g/mol. The van der Waals surface area contributed by atoms with E-state index in [1.165, 1.54) is 36.7 Å². The molecule has 0 aromatic heterocycles. The maximum atomic E-state index is 13.4. The predicted molar refractivity (Wildman–Crippen MR) is 136 cm³/mol. The molecule has 3 rings (SSSR count). The standard InChI is InChI=1S/C23H31FN2O5S.C2H2O4/c1-17(25-10-13-31-22-16-19(24)7-9-20(22)29-2)14-18-6-8-21(30-3)23(15-18)32(27,28)26-11-4-5-12-26;3-1(4)2(5)6/h6-9,15-17,25H,4-5,10-14H2,1-3H3;(H,3,4)(H,5,6). The molecule has 0 amide bonds. The molecular weight excluding hydrogens is 523 g/mol. The Balaban J connectivity index is 0.000000757. The topological polar surface area (TPSA) is 152 Å². The maximum Gasteiger partial charge on any atom is 0.414 e. The average Bonchev–Trinajstić information content (AvgIpc) is 3.43. The molecule has 13 heteroatoms. The molecule has 1 heterocycles. The molecule has 1 saturated heterocycles. The number of benzene rings is 2. The smallest absolute Gasteiger partial charge is 0.414 e. The Labute approximate surface area is 221 Å². The van der Waals surface area contributed by atoms with Crippen molar-refractivity contribution in [3.63, 3.8) is 0 Å². The first-order valence-corrected chi connectivity index (χ1v) is 13.3. The van der Waals surface area contributed by atoms with Gasteiger partial charge in [-0.1, -0.05) is 6.07 Å². The van der Waals surface area contributed by atoms with Crippen molar-refractivity contribution in [3.05, 3.63) is 47.8 Å². The number of ether oxygens (including phenoxy) is 3. The molecule has 1 aliphatic rings. The second-order valence-electron chi connectivity index (χ2n) is 8.41. The van der Waals surface area contributed by atoms with Crippen LogP contribution in [0.1, 0.15) is 25.3 Å². The Hall–Kier alpha value is -3.42. The summed E-state index contributed by atoms with van der Waals surface area (Å²) in [5.41, 5.74) is 0.899. The third-order valence-electron chi connectivity index (χ3n) is 5.61. The summed E-state index contributed by atoms with van der Waals surface area (Å²) in [6.45, 7) is 3.98. The lowest BCUT2D eigenvalue weighted by atomic mass is 10.1. The number of hydrogen-bond acceptors (Lipinski definition) is 8. The highest BCUT2D eigenvalue weighted by Crippen LogP contribution is 2.30. The van der Waals surface area contributed by atoms with Crippen LogP contribution >= 0.6 is 0 Å². The van der Waals surface area contributed by atoms with Crippen molar-refractivity contribution < 1.29 is 46.8 Å². The van der Waals surface area contributed by atoms with Gasteiger partial charge in [-0.3, -0.25) is 0 Å². The van der Waals surface area contributed by atoms with Crippen molar-refractivity contribution in [3.8, 4) is 17.2 Å². The summed E-state index contributed by atoms with van der Waals surface area (Å²) < 4.78 is 57.2. The lowest BCUT2D eigenvalue weighted by Crippen LogP contribution is -2.32. The first-order valence-electron chi connectivity index (χ1n) is 11.8. The van der Waals surface area contributed by atoms with Crippen LogP contribution < -0.4 is 19.5 Å². The van der Waals surface area contributed by atoms with E-state index in [9.17, 15) is 12.8 Å². The van der Waals surface area contributed by atoms with Crippen molar-refractivity contribution in [2.45, 2.75) is 37.1 Å². The zero-order chi connectivity index (χ0) is 28.3. The van der Waals surface area contributed by atoms with Gasteiger partial charge in [0.25, 0.3) is 0 Å². The van der Waals surface area contributed by atoms with Crippen molar-refractivity contribution in [2.24, 2.45) is 0 Å². The number of nitrogens with one attached hydrogen (secondary N) is 1. The number of halogens is 1. The van der Waals surface area contributed by atoms with Crippen molar-refractivity contribution in [1.29, 1.82) is 0 Å². The maximum absolute atomic E-state index is 13.4. The third kappa shape index (κ3) is 8.85. The molecule has 3 N–H and O–H groups in total. The molecule has 1 aliphatic heterocycles. The van der Waals surface area contributed by atoms with Gasteiger partial charge in [-0.25, -0.2) is 22.4 Å². The van der Waals surface area contributed by atoms with Gasteiger partial charge in [0, 0.05) is 31.7 Å². The van der Waals surface area contributed by atoms with Gasteiger partial charge in [0.1, 0.15) is 23.1 Å². The van der Waals surface area contributed by atoms with Crippen LogP contribution in [0, 0.1) is 5.82 Å². The van der Waals surface area contributed by atoms with Crippen LogP contribution in [0.25, 0.3) is 0 Å². The Morgan fingerprint density at radius 2 is 1.61 bits per heavy atom. The summed E-state index contributed by atoms with van der Waals surface area (Å²) in [5, 5.41) is 18.1. The molecule has 210 valence electrons. The highest BCUT2D eigenvalue weighted by Gasteiger charge is 2.30. The summed E-state index contributed by atoms with van der Waals surface area (Å²) in [6, 6.07) is 9.51. The minimum Gasteiger partial charge on any atom is -0.495 e. The molecule has 0 saturated carbocycles. The minimum atomic E-state index is -3.58. The van der Waals surface area contributed by atoms with Crippen LogP contribution in [0.15, 0.2) is 41.3 Å². The SMILES string of the molecule is COc1ccc(F)cc1OCCNC(C)Cc1ccc(OC)c(S(=O)(=O)N2CCCC2)c1.O=C(O)C(=O)O. The van der Waals surface area contributed by atoms with Crippen LogP contribution in [0.4, 0.5) is 4.39 Å². The van der Waals surface area contributed by atoms with Gasteiger partial charge in [0.15, 0.2) is 11.5 Å². The number of aliphatic carboxylic acids is 2. The lowest BCUT2D eigenvalue weighted by Gasteiger charge is -2.19. The van der Waals surface area contributed by atoms with E-state index < -0.39 is 22.0 Å². The first-order chi connectivity index (χ1) is 18.0. The Kier molecular flexibility index (Phi) is 11.8. The highest BCUT2D eigenvalue weighted by molar-refractivity contribution is 7.89. The van der Waals surface area contributed by atoms with E-state index in [0.717, 1.165) is 18.4 Å². The molecule has 2 aromatic carbocycles. The van der Waals surface area contributed by atoms with Gasteiger partial charge in [0.2, 0.25) is 10.0 Å². The number of rotatable bonds is 11. The normalized spacial score (nSPS) is 14.2. The van der Waals surface area contributed by atoms with Gasteiger partial charge in [-0.05, 0) is 56.0 Å². The quantitative estimate of drug-likeness (QED) is 0.278. The van der Waals surface area contributed by atoms with Gasteiger partial charge < -0.3 is 29.7 Å². The van der Waals surface area contributed by atoms with Crippen LogP contribution in [0.2, 0.25) is 0 Å². The van der Waals surface area contributed by atoms with Crippen molar-refractivity contribution in [2.75, 3.05) is 40.5 Å². The van der Waals surface area contributed by atoms with Crippen LogP contribution in [-0.4, -0.2) is 81.4 Å². The zero-order valence-corrected chi connectivity index (χ0v) is 22.3. The van der Waals surface area contributed by atoms with E-state index in [0.29, 0.717) is 49.9 Å². The molecule has 0 spiro atoms. The molecule has 11 nitrogen and oxygen atoms in total. The number of methoxy groups -OCH3 is 2. The van der Waals surface area contributed by atoms with Crippen molar-refractivity contribution >= 4 is 22.0 Å². The molecule has 1 unspecified atom stereocenters. The number of carbonyl (C=O) groups is 2. The highest BCUT2D eigenvalue weighted by atomic mass is 32.2. The van der Waals surface area contributed by atoms with E-state index in [-0.39, 0.29) is 16.8 Å². The largest absolute Gasteiger partial charge is 0.495 e. The summed E-state index contributed by atoms with van der Waals surface area (Å²) in [5.74, 6) is -2.84.